The molecule has 29 heavy (non-hydrogen) atoms. The molecule has 0 bridgehead atoms. The number of sulfonamides is 1. The van der Waals surface area contributed by atoms with Crippen LogP contribution in [0.2, 0.25) is 0 Å². The zero-order valence-corrected chi connectivity index (χ0v) is 17.6. The van der Waals surface area contributed by atoms with Crippen LogP contribution in [0, 0.1) is 6.92 Å². The fraction of sp³-hybridized carbons (Fsp3) is 0.381. The first-order valence-electron chi connectivity index (χ1n) is 9.70. The Kier molecular flexibility index (Phi) is 6.76. The number of carbonyl (C=O) groups is 1. The molecule has 8 heteroatoms. The zero-order chi connectivity index (χ0) is 20.9. The van der Waals surface area contributed by atoms with E-state index < -0.39 is 10.0 Å². The molecule has 0 aliphatic carbocycles. The first kappa shape index (κ1) is 21.1. The van der Waals surface area contributed by atoms with E-state index in [-0.39, 0.29) is 17.4 Å². The van der Waals surface area contributed by atoms with Crippen molar-refractivity contribution in [2.75, 3.05) is 44.1 Å². The summed E-state index contributed by atoms with van der Waals surface area (Å²) in [6.45, 7) is 8.15. The third-order valence-electron chi connectivity index (χ3n) is 4.97. The Balaban J connectivity index is 1.54. The van der Waals surface area contributed by atoms with Crippen LogP contribution in [0.4, 0.5) is 5.69 Å². The molecule has 1 fully saturated rings. The maximum atomic E-state index is 12.5. The lowest BCUT2D eigenvalue weighted by molar-refractivity contribution is -0.135. The number of likely N-dealkylation sites (N-methyl/N-ethyl adjacent to an activating group) is 1. The van der Waals surface area contributed by atoms with Crippen LogP contribution in [-0.4, -0.2) is 63.5 Å². The molecule has 156 valence electrons. The Labute approximate surface area is 172 Å². The van der Waals surface area contributed by atoms with Crippen molar-refractivity contribution in [2.24, 2.45) is 0 Å². The fourth-order valence-corrected chi connectivity index (χ4v) is 4.16. The second kappa shape index (κ2) is 9.28. The van der Waals surface area contributed by atoms with Crippen molar-refractivity contribution in [3.8, 4) is 5.75 Å². The number of aryl methyl sites for hydroxylation is 1. The summed E-state index contributed by atoms with van der Waals surface area (Å²) in [6, 6.07) is 13.2. The smallest absolute Gasteiger partial charge is 0.261 e. The topological polar surface area (TPSA) is 79.0 Å². The van der Waals surface area contributed by atoms with E-state index >= 15 is 0 Å². The van der Waals surface area contributed by atoms with E-state index in [4.69, 9.17) is 4.74 Å². The molecule has 0 aromatic heterocycles. The highest BCUT2D eigenvalue weighted by atomic mass is 32.2. The highest BCUT2D eigenvalue weighted by Gasteiger charge is 2.20. The van der Waals surface area contributed by atoms with Crippen molar-refractivity contribution >= 4 is 21.6 Å². The van der Waals surface area contributed by atoms with Gasteiger partial charge in [-0.3, -0.25) is 9.52 Å². The number of benzene rings is 2. The van der Waals surface area contributed by atoms with Crippen molar-refractivity contribution < 1.29 is 17.9 Å². The van der Waals surface area contributed by atoms with Crippen LogP contribution in [0.15, 0.2) is 53.4 Å². The fourth-order valence-electron chi connectivity index (χ4n) is 3.10. The molecule has 1 amide bonds. The molecule has 1 aliphatic heterocycles. The van der Waals surface area contributed by atoms with Crippen LogP contribution in [0.25, 0.3) is 0 Å². The minimum absolute atomic E-state index is 0.0557. The van der Waals surface area contributed by atoms with E-state index in [1.807, 2.05) is 19.1 Å². The highest BCUT2D eigenvalue weighted by molar-refractivity contribution is 7.92. The lowest BCUT2D eigenvalue weighted by atomic mass is 10.2. The normalized spacial score (nSPS) is 15.2. The molecule has 3 rings (SSSR count). The number of hydrogen-bond donors (Lipinski definition) is 1. The van der Waals surface area contributed by atoms with Gasteiger partial charge in [0.15, 0.2) is 6.61 Å². The van der Waals surface area contributed by atoms with Crippen LogP contribution in [0.1, 0.15) is 12.5 Å². The standard InChI is InChI=1S/C21H27N3O4S/c1-3-23-12-14-24(15-13-23)21(25)16-28-19-8-10-20(11-9-19)29(26,27)22-18-6-4-17(2)5-7-18/h4-11,22H,3,12-16H2,1-2H3. The number of piperazine rings is 1. The lowest BCUT2D eigenvalue weighted by Crippen LogP contribution is -2.49. The van der Waals surface area contributed by atoms with E-state index in [1.165, 1.54) is 12.1 Å². The van der Waals surface area contributed by atoms with Gasteiger partial charge in [0, 0.05) is 31.9 Å². The van der Waals surface area contributed by atoms with Gasteiger partial charge < -0.3 is 14.5 Å². The molecular weight excluding hydrogens is 390 g/mol. The monoisotopic (exact) mass is 417 g/mol. The number of rotatable bonds is 7. The third-order valence-corrected chi connectivity index (χ3v) is 6.37. The molecule has 0 spiro atoms. The van der Waals surface area contributed by atoms with Crippen molar-refractivity contribution in [3.05, 3.63) is 54.1 Å². The van der Waals surface area contributed by atoms with Gasteiger partial charge in [0.2, 0.25) is 0 Å². The maximum absolute atomic E-state index is 12.5. The summed E-state index contributed by atoms with van der Waals surface area (Å²) < 4.78 is 33.1. The third kappa shape index (κ3) is 5.71. The van der Waals surface area contributed by atoms with Gasteiger partial charge >= 0.3 is 0 Å². The van der Waals surface area contributed by atoms with Gasteiger partial charge in [0.25, 0.3) is 15.9 Å². The quantitative estimate of drug-likeness (QED) is 0.748. The van der Waals surface area contributed by atoms with Gasteiger partial charge in [-0.15, -0.1) is 0 Å². The second-order valence-electron chi connectivity index (χ2n) is 7.05. The van der Waals surface area contributed by atoms with E-state index in [0.29, 0.717) is 24.5 Å². The maximum Gasteiger partial charge on any atom is 0.261 e. The van der Waals surface area contributed by atoms with Gasteiger partial charge in [-0.2, -0.15) is 0 Å². The van der Waals surface area contributed by atoms with Gasteiger partial charge in [-0.1, -0.05) is 24.6 Å². The van der Waals surface area contributed by atoms with Crippen molar-refractivity contribution in [1.29, 1.82) is 0 Å². The van der Waals surface area contributed by atoms with E-state index in [2.05, 4.69) is 16.5 Å². The molecule has 1 N–H and O–H groups in total. The number of amides is 1. The predicted molar refractivity (Wildman–Crippen MR) is 113 cm³/mol. The summed E-state index contributed by atoms with van der Waals surface area (Å²) in [5.74, 6) is 0.401. The number of hydrogen-bond acceptors (Lipinski definition) is 5. The second-order valence-corrected chi connectivity index (χ2v) is 8.73. The first-order valence-corrected chi connectivity index (χ1v) is 11.2. The van der Waals surface area contributed by atoms with Crippen molar-refractivity contribution in [2.45, 2.75) is 18.7 Å². The highest BCUT2D eigenvalue weighted by Crippen LogP contribution is 2.20. The van der Waals surface area contributed by atoms with Crippen LogP contribution in [0.3, 0.4) is 0 Å². The van der Waals surface area contributed by atoms with Crippen LogP contribution < -0.4 is 9.46 Å². The number of nitrogens with zero attached hydrogens (tertiary/aromatic N) is 2. The van der Waals surface area contributed by atoms with Crippen molar-refractivity contribution in [1.82, 2.24) is 9.80 Å². The van der Waals surface area contributed by atoms with Gasteiger partial charge in [0.1, 0.15) is 5.75 Å². The Bertz CT molecular complexity index is 919. The first-order chi connectivity index (χ1) is 13.9. The van der Waals surface area contributed by atoms with Crippen molar-refractivity contribution in [3.63, 3.8) is 0 Å². The number of ether oxygens (including phenoxy) is 1. The number of anilines is 1. The van der Waals surface area contributed by atoms with E-state index in [1.54, 1.807) is 29.2 Å². The molecule has 2 aromatic rings. The molecule has 1 saturated heterocycles. The molecule has 0 unspecified atom stereocenters. The van der Waals surface area contributed by atoms with Crippen LogP contribution in [-0.2, 0) is 14.8 Å². The van der Waals surface area contributed by atoms with Gasteiger partial charge in [0.05, 0.1) is 4.90 Å². The SMILES string of the molecule is CCN1CCN(C(=O)COc2ccc(S(=O)(=O)Nc3ccc(C)cc3)cc2)CC1. The summed E-state index contributed by atoms with van der Waals surface area (Å²) >= 11 is 0. The Morgan fingerprint density at radius 2 is 1.62 bits per heavy atom. The molecule has 0 atom stereocenters. The summed E-state index contributed by atoms with van der Waals surface area (Å²) in [6.07, 6.45) is 0. The average molecular weight is 418 g/mol. The molecule has 0 saturated carbocycles. The van der Waals surface area contributed by atoms with Gasteiger partial charge in [-0.05, 0) is 49.9 Å². The molecular formula is C21H27N3O4S. The molecule has 7 nitrogen and oxygen atoms in total. The molecule has 1 aliphatic rings. The summed E-state index contributed by atoms with van der Waals surface area (Å²) in [5.41, 5.74) is 1.56. The summed E-state index contributed by atoms with van der Waals surface area (Å²) in [5, 5.41) is 0. The van der Waals surface area contributed by atoms with Crippen LogP contribution >= 0.6 is 0 Å². The summed E-state index contributed by atoms with van der Waals surface area (Å²) in [7, 11) is -3.68. The zero-order valence-electron chi connectivity index (χ0n) is 16.8. The Morgan fingerprint density at radius 1 is 1.00 bits per heavy atom. The Morgan fingerprint density at radius 3 is 2.21 bits per heavy atom. The van der Waals surface area contributed by atoms with Crippen LogP contribution in [0.5, 0.6) is 5.75 Å². The number of nitrogens with one attached hydrogen (secondary N) is 1. The number of carbonyl (C=O) groups excluding carboxylic acids is 1. The Hall–Kier alpha value is -2.58. The largest absolute Gasteiger partial charge is 0.484 e. The average Bonchev–Trinajstić information content (AvgIpc) is 2.74. The van der Waals surface area contributed by atoms with E-state index in [0.717, 1.165) is 25.2 Å². The van der Waals surface area contributed by atoms with Gasteiger partial charge in [-0.25, -0.2) is 8.42 Å². The molecule has 1 heterocycles. The van der Waals surface area contributed by atoms with E-state index in [9.17, 15) is 13.2 Å². The molecule has 2 aromatic carbocycles. The predicted octanol–water partition coefficient (Wildman–Crippen LogP) is 2.34. The molecule has 0 radical (unpaired) electrons. The lowest BCUT2D eigenvalue weighted by Gasteiger charge is -2.33. The summed E-state index contributed by atoms with van der Waals surface area (Å²) in [4.78, 5) is 16.5. The minimum atomic E-state index is -3.68. The minimum Gasteiger partial charge on any atom is -0.484 e.